The predicted octanol–water partition coefficient (Wildman–Crippen LogP) is 3.25. The molecule has 1 aromatic heterocycles. The van der Waals surface area contributed by atoms with Crippen LogP contribution in [0.2, 0.25) is 10.0 Å². The summed E-state index contributed by atoms with van der Waals surface area (Å²) in [6.45, 7) is 2.05. The second-order valence-corrected chi connectivity index (χ2v) is 5.54. The van der Waals surface area contributed by atoms with Gasteiger partial charge in [-0.15, -0.1) is 0 Å². The summed E-state index contributed by atoms with van der Waals surface area (Å²) in [6.07, 6.45) is 2.16. The lowest BCUT2D eigenvalue weighted by molar-refractivity contribution is 0.446. The number of benzene rings is 1. The number of halogens is 2. The van der Waals surface area contributed by atoms with Crippen molar-refractivity contribution >= 4 is 23.2 Å². The Bertz CT molecular complexity index is 576. The molecule has 0 radical (unpaired) electrons. The van der Waals surface area contributed by atoms with Crippen molar-refractivity contribution in [2.75, 3.05) is 13.1 Å². The van der Waals surface area contributed by atoms with E-state index in [0.717, 1.165) is 37.3 Å². The van der Waals surface area contributed by atoms with Crippen LogP contribution in [0.4, 0.5) is 0 Å². The molecule has 1 aliphatic rings. The Kier molecular flexibility index (Phi) is 3.73. The summed E-state index contributed by atoms with van der Waals surface area (Å²) in [4.78, 5) is 4.57. The third kappa shape index (κ3) is 2.76. The van der Waals surface area contributed by atoms with E-state index in [4.69, 9.17) is 23.2 Å². The average Bonchev–Trinajstić information content (AvgIpc) is 2.92. The maximum Gasteiger partial charge on any atom is 0.182 e. The van der Waals surface area contributed by atoms with Crippen molar-refractivity contribution in [1.82, 2.24) is 20.5 Å². The number of rotatable bonds is 2. The zero-order valence-corrected chi connectivity index (χ0v) is 11.8. The molecule has 0 atom stereocenters. The molecule has 0 aliphatic carbocycles. The van der Waals surface area contributed by atoms with Crippen LogP contribution in [0.5, 0.6) is 0 Å². The Morgan fingerprint density at radius 1 is 1.16 bits per heavy atom. The first kappa shape index (κ1) is 12.9. The molecule has 0 amide bonds. The molecule has 0 saturated carbocycles. The van der Waals surface area contributed by atoms with Crippen LogP contribution in [-0.4, -0.2) is 28.3 Å². The first-order valence-corrected chi connectivity index (χ1v) is 7.08. The monoisotopic (exact) mass is 296 g/mol. The van der Waals surface area contributed by atoms with Gasteiger partial charge >= 0.3 is 0 Å². The molecule has 6 heteroatoms. The van der Waals surface area contributed by atoms with Gasteiger partial charge in [-0.1, -0.05) is 23.2 Å². The third-order valence-electron chi connectivity index (χ3n) is 3.40. The molecular weight excluding hydrogens is 283 g/mol. The van der Waals surface area contributed by atoms with Crippen LogP contribution >= 0.6 is 23.2 Å². The molecular formula is C13H14Cl2N4. The van der Waals surface area contributed by atoms with E-state index in [2.05, 4.69) is 20.5 Å². The van der Waals surface area contributed by atoms with Crippen molar-refractivity contribution in [3.05, 3.63) is 34.1 Å². The normalized spacial score (nSPS) is 16.7. The fraction of sp³-hybridized carbons (Fsp3) is 0.385. The van der Waals surface area contributed by atoms with Gasteiger partial charge in [0.2, 0.25) is 0 Å². The van der Waals surface area contributed by atoms with Crippen LogP contribution in [0.25, 0.3) is 11.4 Å². The minimum absolute atomic E-state index is 0.445. The number of aromatic nitrogens is 3. The number of H-pyrrole nitrogens is 1. The molecule has 19 heavy (non-hydrogen) atoms. The summed E-state index contributed by atoms with van der Waals surface area (Å²) in [5, 5.41) is 11.9. The smallest absolute Gasteiger partial charge is 0.182 e. The van der Waals surface area contributed by atoms with Crippen LogP contribution in [0.1, 0.15) is 24.6 Å². The topological polar surface area (TPSA) is 53.6 Å². The number of nitrogens with zero attached hydrogens (tertiary/aromatic N) is 2. The van der Waals surface area contributed by atoms with E-state index in [0.29, 0.717) is 21.8 Å². The van der Waals surface area contributed by atoms with Crippen molar-refractivity contribution < 1.29 is 0 Å². The van der Waals surface area contributed by atoms with Gasteiger partial charge in [0, 0.05) is 16.5 Å². The van der Waals surface area contributed by atoms with Gasteiger partial charge in [-0.05, 0) is 44.1 Å². The van der Waals surface area contributed by atoms with E-state index < -0.39 is 0 Å². The van der Waals surface area contributed by atoms with Crippen molar-refractivity contribution in [3.8, 4) is 11.4 Å². The lowest BCUT2D eigenvalue weighted by Gasteiger charge is -2.19. The number of hydrogen-bond donors (Lipinski definition) is 2. The van der Waals surface area contributed by atoms with Gasteiger partial charge in [-0.2, -0.15) is 5.10 Å². The summed E-state index contributed by atoms with van der Waals surface area (Å²) in [5.41, 5.74) is 0.769. The van der Waals surface area contributed by atoms with Gasteiger partial charge in [-0.25, -0.2) is 4.98 Å². The van der Waals surface area contributed by atoms with Crippen molar-refractivity contribution in [3.63, 3.8) is 0 Å². The lowest BCUT2D eigenvalue weighted by Crippen LogP contribution is -2.27. The second-order valence-electron chi connectivity index (χ2n) is 4.69. The second kappa shape index (κ2) is 5.49. The van der Waals surface area contributed by atoms with Crippen molar-refractivity contribution in [2.45, 2.75) is 18.8 Å². The van der Waals surface area contributed by atoms with Crippen LogP contribution in [0, 0.1) is 0 Å². The van der Waals surface area contributed by atoms with Gasteiger partial charge in [0.1, 0.15) is 5.82 Å². The van der Waals surface area contributed by atoms with Crippen molar-refractivity contribution in [1.29, 1.82) is 0 Å². The fourth-order valence-corrected chi connectivity index (χ4v) is 2.72. The first-order valence-electron chi connectivity index (χ1n) is 6.32. The number of hydrogen-bond acceptors (Lipinski definition) is 3. The molecule has 1 fully saturated rings. The third-order valence-corrected chi connectivity index (χ3v) is 3.96. The molecule has 1 aromatic carbocycles. The van der Waals surface area contributed by atoms with Gasteiger partial charge in [0.25, 0.3) is 0 Å². The van der Waals surface area contributed by atoms with Crippen LogP contribution in [0.15, 0.2) is 18.2 Å². The van der Waals surface area contributed by atoms with Gasteiger partial charge in [0.15, 0.2) is 5.82 Å². The molecule has 1 aliphatic heterocycles. The number of piperidine rings is 1. The van der Waals surface area contributed by atoms with Gasteiger partial charge in [0.05, 0.1) is 5.02 Å². The Hall–Kier alpha value is -1.10. The highest BCUT2D eigenvalue weighted by Crippen LogP contribution is 2.30. The molecule has 0 unspecified atom stereocenters. The van der Waals surface area contributed by atoms with E-state index in [1.165, 1.54) is 0 Å². The zero-order valence-electron chi connectivity index (χ0n) is 10.3. The minimum atomic E-state index is 0.445. The molecule has 3 rings (SSSR count). The van der Waals surface area contributed by atoms with E-state index in [1.807, 2.05) is 0 Å². The standard InChI is InChI=1S/C13H14Cl2N4/c14-9-1-2-11(15)10(7-9)13-17-12(18-19-13)8-3-5-16-6-4-8/h1-2,7-8,16H,3-6H2,(H,17,18,19). The maximum atomic E-state index is 6.16. The molecule has 2 heterocycles. The van der Waals surface area contributed by atoms with Gasteiger partial charge < -0.3 is 5.32 Å². The Balaban J connectivity index is 1.89. The fourth-order valence-electron chi connectivity index (χ4n) is 2.34. The molecule has 2 aromatic rings. The van der Waals surface area contributed by atoms with E-state index in [1.54, 1.807) is 18.2 Å². The summed E-state index contributed by atoms with van der Waals surface area (Å²) in [7, 11) is 0. The summed E-state index contributed by atoms with van der Waals surface area (Å²) < 4.78 is 0. The Morgan fingerprint density at radius 3 is 2.74 bits per heavy atom. The van der Waals surface area contributed by atoms with Crippen LogP contribution in [0.3, 0.4) is 0 Å². The SMILES string of the molecule is Clc1ccc(Cl)c(-c2n[nH]c(C3CCNCC3)n2)c1. The minimum Gasteiger partial charge on any atom is -0.317 e. The molecule has 100 valence electrons. The Morgan fingerprint density at radius 2 is 1.95 bits per heavy atom. The summed E-state index contributed by atoms with van der Waals surface area (Å²) in [5.74, 6) is 1.99. The van der Waals surface area contributed by atoms with E-state index >= 15 is 0 Å². The molecule has 4 nitrogen and oxygen atoms in total. The van der Waals surface area contributed by atoms with E-state index in [-0.39, 0.29) is 0 Å². The molecule has 1 saturated heterocycles. The summed E-state index contributed by atoms with van der Waals surface area (Å²) >= 11 is 12.2. The molecule has 2 N–H and O–H groups in total. The van der Waals surface area contributed by atoms with Crippen molar-refractivity contribution in [2.24, 2.45) is 0 Å². The highest BCUT2D eigenvalue weighted by atomic mass is 35.5. The Labute approximate surface area is 121 Å². The lowest BCUT2D eigenvalue weighted by atomic mass is 9.98. The highest BCUT2D eigenvalue weighted by Gasteiger charge is 2.20. The first-order chi connectivity index (χ1) is 9.24. The predicted molar refractivity (Wildman–Crippen MR) is 76.7 cm³/mol. The van der Waals surface area contributed by atoms with E-state index in [9.17, 15) is 0 Å². The zero-order chi connectivity index (χ0) is 13.2. The van der Waals surface area contributed by atoms with Gasteiger partial charge in [-0.3, -0.25) is 5.10 Å². The maximum absolute atomic E-state index is 6.16. The summed E-state index contributed by atoms with van der Waals surface area (Å²) in [6, 6.07) is 5.31. The van der Waals surface area contributed by atoms with Crippen LogP contribution < -0.4 is 5.32 Å². The molecule has 0 spiro atoms. The highest BCUT2D eigenvalue weighted by molar-refractivity contribution is 6.35. The number of nitrogens with one attached hydrogen (secondary N) is 2. The quantitative estimate of drug-likeness (QED) is 0.894. The average molecular weight is 297 g/mol. The largest absolute Gasteiger partial charge is 0.317 e. The number of aromatic amines is 1. The van der Waals surface area contributed by atoms with Crippen LogP contribution in [-0.2, 0) is 0 Å². The molecule has 0 bridgehead atoms.